The van der Waals surface area contributed by atoms with Gasteiger partial charge in [-0.2, -0.15) is 0 Å². The fourth-order valence-electron chi connectivity index (χ4n) is 2.80. The van der Waals surface area contributed by atoms with E-state index >= 15 is 0 Å². The summed E-state index contributed by atoms with van der Waals surface area (Å²) in [5.41, 5.74) is 3.99. The maximum atomic E-state index is 6.10. The van der Waals surface area contributed by atoms with Crippen LogP contribution in [0.2, 0.25) is 0 Å². The molecule has 2 heteroatoms. The standard InChI is InChI=1S/C19H29NO/c1-7-19(5,6)14-9-10-16-15(11-14)18(13(3)4)17(21-16)12-20-8-2/h9-11,13,20H,7-8,12H2,1-6H3. The highest BCUT2D eigenvalue weighted by Gasteiger charge is 2.22. The lowest BCUT2D eigenvalue weighted by Crippen LogP contribution is -2.15. The van der Waals surface area contributed by atoms with Crippen LogP contribution in [0.5, 0.6) is 0 Å². The zero-order chi connectivity index (χ0) is 15.6. The zero-order valence-corrected chi connectivity index (χ0v) is 14.3. The molecule has 21 heavy (non-hydrogen) atoms. The first-order valence-corrected chi connectivity index (χ1v) is 8.17. The molecule has 0 aliphatic carbocycles. The molecule has 0 atom stereocenters. The van der Waals surface area contributed by atoms with Crippen LogP contribution in [0.1, 0.15) is 70.8 Å². The molecule has 1 N–H and O–H groups in total. The number of hydrogen-bond acceptors (Lipinski definition) is 2. The van der Waals surface area contributed by atoms with E-state index in [2.05, 4.69) is 65.1 Å². The third kappa shape index (κ3) is 3.16. The molecule has 2 rings (SSSR count). The van der Waals surface area contributed by atoms with Crippen LogP contribution >= 0.6 is 0 Å². The molecule has 2 aromatic rings. The highest BCUT2D eigenvalue weighted by Crippen LogP contribution is 2.36. The van der Waals surface area contributed by atoms with Crippen molar-refractivity contribution in [2.24, 2.45) is 0 Å². The van der Waals surface area contributed by atoms with Gasteiger partial charge in [0, 0.05) is 10.9 Å². The molecule has 0 aliphatic rings. The molecular weight excluding hydrogens is 258 g/mol. The predicted molar refractivity (Wildman–Crippen MR) is 91.0 cm³/mol. The molecule has 0 aliphatic heterocycles. The molecule has 1 aromatic heterocycles. The second-order valence-corrected chi connectivity index (χ2v) is 6.82. The Labute approximate surface area is 128 Å². The second kappa shape index (κ2) is 6.23. The van der Waals surface area contributed by atoms with Gasteiger partial charge in [-0.25, -0.2) is 0 Å². The predicted octanol–water partition coefficient (Wildman–Crippen LogP) is 5.35. The van der Waals surface area contributed by atoms with Crippen LogP contribution < -0.4 is 5.32 Å². The molecule has 0 bridgehead atoms. The maximum absolute atomic E-state index is 6.10. The van der Waals surface area contributed by atoms with Crippen LogP contribution in [-0.4, -0.2) is 6.54 Å². The van der Waals surface area contributed by atoms with Crippen molar-refractivity contribution in [2.45, 2.75) is 65.8 Å². The molecule has 1 aromatic carbocycles. The normalized spacial score (nSPS) is 12.5. The number of fused-ring (bicyclic) bond motifs is 1. The van der Waals surface area contributed by atoms with E-state index in [4.69, 9.17) is 4.42 Å². The van der Waals surface area contributed by atoms with Gasteiger partial charge in [0.05, 0.1) is 6.54 Å². The Hall–Kier alpha value is -1.28. The van der Waals surface area contributed by atoms with Gasteiger partial charge in [0.15, 0.2) is 0 Å². The van der Waals surface area contributed by atoms with E-state index in [0.29, 0.717) is 5.92 Å². The SMILES string of the molecule is CCNCc1oc2ccc(C(C)(C)CC)cc2c1C(C)C. The molecule has 0 fully saturated rings. The highest BCUT2D eigenvalue weighted by atomic mass is 16.3. The van der Waals surface area contributed by atoms with Crippen molar-refractivity contribution in [3.63, 3.8) is 0 Å². The summed E-state index contributed by atoms with van der Waals surface area (Å²) in [6.45, 7) is 15.3. The van der Waals surface area contributed by atoms with Crippen LogP contribution in [-0.2, 0) is 12.0 Å². The van der Waals surface area contributed by atoms with E-state index in [1.165, 1.54) is 16.5 Å². The van der Waals surface area contributed by atoms with Gasteiger partial charge in [0.1, 0.15) is 11.3 Å². The lowest BCUT2D eigenvalue weighted by Gasteiger charge is -2.23. The zero-order valence-electron chi connectivity index (χ0n) is 14.3. The summed E-state index contributed by atoms with van der Waals surface area (Å²) in [6.07, 6.45) is 1.14. The fourth-order valence-corrected chi connectivity index (χ4v) is 2.80. The van der Waals surface area contributed by atoms with Crippen LogP contribution in [0.4, 0.5) is 0 Å². The summed E-state index contributed by atoms with van der Waals surface area (Å²) >= 11 is 0. The topological polar surface area (TPSA) is 25.2 Å². The van der Waals surface area contributed by atoms with E-state index < -0.39 is 0 Å². The molecule has 2 nitrogen and oxygen atoms in total. The molecule has 0 saturated heterocycles. The lowest BCUT2D eigenvalue weighted by atomic mass is 9.81. The summed E-state index contributed by atoms with van der Waals surface area (Å²) in [4.78, 5) is 0. The van der Waals surface area contributed by atoms with Crippen molar-refractivity contribution in [3.8, 4) is 0 Å². The number of benzene rings is 1. The molecule has 0 amide bonds. The van der Waals surface area contributed by atoms with Gasteiger partial charge in [-0.05, 0) is 42.0 Å². The summed E-state index contributed by atoms with van der Waals surface area (Å²) < 4.78 is 6.10. The minimum absolute atomic E-state index is 0.210. The summed E-state index contributed by atoms with van der Waals surface area (Å²) in [5, 5.41) is 4.67. The third-order valence-corrected chi connectivity index (χ3v) is 4.58. The summed E-state index contributed by atoms with van der Waals surface area (Å²) in [6, 6.07) is 6.70. The van der Waals surface area contributed by atoms with E-state index in [9.17, 15) is 0 Å². The van der Waals surface area contributed by atoms with E-state index in [1.807, 2.05) is 0 Å². The maximum Gasteiger partial charge on any atom is 0.134 e. The first kappa shape index (κ1) is 16.1. The van der Waals surface area contributed by atoms with Crippen molar-refractivity contribution in [2.75, 3.05) is 6.54 Å². The molecule has 0 saturated carbocycles. The Morgan fingerprint density at radius 3 is 2.48 bits per heavy atom. The minimum Gasteiger partial charge on any atom is -0.459 e. The van der Waals surface area contributed by atoms with Gasteiger partial charge in [0.25, 0.3) is 0 Å². The number of hydrogen-bond donors (Lipinski definition) is 1. The monoisotopic (exact) mass is 287 g/mol. The number of nitrogens with one attached hydrogen (secondary N) is 1. The van der Waals surface area contributed by atoms with Crippen molar-refractivity contribution >= 4 is 11.0 Å². The largest absolute Gasteiger partial charge is 0.459 e. The average Bonchev–Trinajstić information content (AvgIpc) is 2.82. The molecule has 116 valence electrons. The Bertz CT molecular complexity index is 607. The molecular formula is C19H29NO. The molecule has 0 radical (unpaired) electrons. The first-order chi connectivity index (χ1) is 9.90. The van der Waals surface area contributed by atoms with Crippen molar-refractivity contribution < 1.29 is 4.42 Å². The van der Waals surface area contributed by atoms with Gasteiger partial charge in [-0.15, -0.1) is 0 Å². The van der Waals surface area contributed by atoms with Crippen molar-refractivity contribution in [1.29, 1.82) is 0 Å². The van der Waals surface area contributed by atoms with E-state index in [0.717, 1.165) is 30.9 Å². The Morgan fingerprint density at radius 1 is 1.19 bits per heavy atom. The average molecular weight is 287 g/mol. The van der Waals surface area contributed by atoms with Gasteiger partial charge in [0.2, 0.25) is 0 Å². The second-order valence-electron chi connectivity index (χ2n) is 6.82. The molecule has 0 unspecified atom stereocenters. The van der Waals surface area contributed by atoms with Gasteiger partial charge in [-0.1, -0.05) is 47.6 Å². The van der Waals surface area contributed by atoms with E-state index in [-0.39, 0.29) is 5.41 Å². The van der Waals surface area contributed by atoms with Crippen LogP contribution in [0.25, 0.3) is 11.0 Å². The fraction of sp³-hybridized carbons (Fsp3) is 0.579. The summed E-state index contributed by atoms with van der Waals surface area (Å²) in [5.74, 6) is 1.56. The Morgan fingerprint density at radius 2 is 1.90 bits per heavy atom. The first-order valence-electron chi connectivity index (χ1n) is 8.17. The quantitative estimate of drug-likeness (QED) is 0.774. The Balaban J connectivity index is 2.57. The third-order valence-electron chi connectivity index (χ3n) is 4.58. The number of furan rings is 1. The van der Waals surface area contributed by atoms with Gasteiger partial charge < -0.3 is 9.73 Å². The lowest BCUT2D eigenvalue weighted by molar-refractivity contribution is 0.504. The molecule has 1 heterocycles. The smallest absolute Gasteiger partial charge is 0.134 e. The van der Waals surface area contributed by atoms with Gasteiger partial charge >= 0.3 is 0 Å². The van der Waals surface area contributed by atoms with Crippen LogP contribution in [0, 0.1) is 0 Å². The Kier molecular flexibility index (Phi) is 4.77. The molecule has 0 spiro atoms. The van der Waals surface area contributed by atoms with Crippen molar-refractivity contribution in [3.05, 3.63) is 35.1 Å². The van der Waals surface area contributed by atoms with Crippen molar-refractivity contribution in [1.82, 2.24) is 5.32 Å². The van der Waals surface area contributed by atoms with Crippen LogP contribution in [0.3, 0.4) is 0 Å². The van der Waals surface area contributed by atoms with Gasteiger partial charge in [-0.3, -0.25) is 0 Å². The highest BCUT2D eigenvalue weighted by molar-refractivity contribution is 5.84. The number of rotatable bonds is 6. The summed E-state index contributed by atoms with van der Waals surface area (Å²) in [7, 11) is 0. The van der Waals surface area contributed by atoms with Crippen LogP contribution in [0.15, 0.2) is 22.6 Å². The minimum atomic E-state index is 0.210. The van der Waals surface area contributed by atoms with E-state index in [1.54, 1.807) is 0 Å².